The number of alkyl halides is 3. The van der Waals surface area contributed by atoms with Gasteiger partial charge in [-0.05, 0) is 29.8 Å². The maximum absolute atomic E-state index is 13.8. The van der Waals surface area contributed by atoms with Gasteiger partial charge in [0, 0.05) is 23.7 Å². The lowest BCUT2D eigenvalue weighted by Gasteiger charge is -2.08. The quantitative estimate of drug-likeness (QED) is 0.464. The monoisotopic (exact) mass is 416 g/mol. The van der Waals surface area contributed by atoms with E-state index in [1.807, 2.05) is 0 Å². The third-order valence-corrected chi connectivity index (χ3v) is 4.22. The first-order chi connectivity index (χ1) is 13.2. The Morgan fingerprint density at radius 2 is 2.00 bits per heavy atom. The van der Waals surface area contributed by atoms with Gasteiger partial charge in [-0.25, -0.2) is 14.2 Å². The van der Waals surface area contributed by atoms with Crippen LogP contribution < -0.4 is 0 Å². The van der Waals surface area contributed by atoms with Gasteiger partial charge >= 0.3 is 12.1 Å². The van der Waals surface area contributed by atoms with Gasteiger partial charge in [-0.1, -0.05) is 17.7 Å². The molecule has 3 aromatic rings. The Morgan fingerprint density at radius 1 is 1.25 bits per heavy atom. The van der Waals surface area contributed by atoms with Gasteiger partial charge in [0.05, 0.1) is 11.6 Å². The Hall–Kier alpha value is -2.65. The van der Waals surface area contributed by atoms with Crippen molar-refractivity contribution in [2.75, 3.05) is 13.2 Å². The van der Waals surface area contributed by atoms with Gasteiger partial charge in [-0.3, -0.25) is 0 Å². The molecule has 0 aliphatic heterocycles. The smallest absolute Gasteiger partial charge is 0.411 e. The van der Waals surface area contributed by atoms with Crippen LogP contribution in [-0.2, 0) is 11.3 Å². The van der Waals surface area contributed by atoms with Gasteiger partial charge in [0.15, 0.2) is 5.69 Å². The molecule has 0 fully saturated rings. The van der Waals surface area contributed by atoms with Crippen LogP contribution in [0.1, 0.15) is 10.5 Å². The number of hydrogen-bond acceptors (Lipinski definition) is 3. The van der Waals surface area contributed by atoms with E-state index in [-0.39, 0.29) is 29.5 Å². The molecule has 1 N–H and O–H groups in total. The van der Waals surface area contributed by atoms with E-state index in [2.05, 4.69) is 9.72 Å². The van der Waals surface area contributed by atoms with Gasteiger partial charge in [-0.15, -0.1) is 0 Å². The van der Waals surface area contributed by atoms with Crippen molar-refractivity contribution < 1.29 is 32.2 Å². The number of hydrogen-bond donors (Lipinski definition) is 1. The summed E-state index contributed by atoms with van der Waals surface area (Å²) in [7, 11) is 0. The van der Waals surface area contributed by atoms with Crippen molar-refractivity contribution in [2.24, 2.45) is 0 Å². The number of halogens is 5. The second kappa shape index (κ2) is 7.76. The summed E-state index contributed by atoms with van der Waals surface area (Å²) in [6, 6.07) is 6.98. The Bertz CT molecular complexity index is 1030. The normalized spacial score (nSPS) is 11.9. The maximum Gasteiger partial charge on any atom is 0.411 e. The molecule has 0 saturated heterocycles. The largest absolute Gasteiger partial charge is 0.477 e. The Balaban J connectivity index is 2.00. The zero-order chi connectivity index (χ0) is 20.5. The van der Waals surface area contributed by atoms with Crippen molar-refractivity contribution in [3.05, 3.63) is 53.1 Å². The van der Waals surface area contributed by atoms with E-state index in [0.29, 0.717) is 16.5 Å². The van der Waals surface area contributed by atoms with Crippen molar-refractivity contribution in [3.63, 3.8) is 0 Å². The number of aromatic nitrogens is 2. The van der Waals surface area contributed by atoms with E-state index in [9.17, 15) is 22.4 Å². The number of benzene rings is 1. The molecular weight excluding hydrogens is 404 g/mol. The molecular formula is C18H13ClF4N2O3. The fourth-order valence-electron chi connectivity index (χ4n) is 2.70. The highest BCUT2D eigenvalue weighted by Crippen LogP contribution is 2.32. The third-order valence-electron chi connectivity index (χ3n) is 3.91. The first-order valence-corrected chi connectivity index (χ1v) is 8.36. The number of fused-ring (bicyclic) bond motifs is 1. The molecule has 10 heteroatoms. The molecule has 2 aromatic heterocycles. The number of ether oxygens (including phenoxy) is 1. The highest BCUT2D eigenvalue weighted by Gasteiger charge is 2.27. The van der Waals surface area contributed by atoms with Crippen LogP contribution in [0.25, 0.3) is 22.2 Å². The van der Waals surface area contributed by atoms with E-state index in [4.69, 9.17) is 16.7 Å². The molecule has 2 heterocycles. The van der Waals surface area contributed by atoms with Crippen LogP contribution in [0.5, 0.6) is 0 Å². The minimum atomic E-state index is -4.44. The summed E-state index contributed by atoms with van der Waals surface area (Å²) < 4.78 is 56.6. The Labute approximate surface area is 161 Å². The number of carboxylic acid groups (broad SMARTS) is 1. The summed E-state index contributed by atoms with van der Waals surface area (Å²) in [6.07, 6.45) is -2.89. The van der Waals surface area contributed by atoms with Crippen LogP contribution in [-0.4, -0.2) is 40.0 Å². The van der Waals surface area contributed by atoms with Crippen molar-refractivity contribution in [1.82, 2.24) is 9.55 Å². The van der Waals surface area contributed by atoms with E-state index >= 15 is 0 Å². The van der Waals surface area contributed by atoms with Crippen LogP contribution in [0, 0.1) is 5.82 Å². The van der Waals surface area contributed by atoms with E-state index in [1.54, 1.807) is 12.3 Å². The molecule has 5 nitrogen and oxygen atoms in total. The minimum Gasteiger partial charge on any atom is -0.477 e. The maximum atomic E-state index is 13.8. The lowest BCUT2D eigenvalue weighted by Crippen LogP contribution is -2.19. The molecule has 0 aliphatic rings. The van der Waals surface area contributed by atoms with Crippen LogP contribution in [0.15, 0.2) is 36.5 Å². The Kier molecular flexibility index (Phi) is 5.57. The first kappa shape index (κ1) is 20.1. The standard InChI is InChI=1S/C18H13ClF4N2O3/c19-13-3-1-10(7-14(13)20)12-8-25(5-6-28-9-18(21,22)23)16-11(12)2-4-15(24-16)17(26)27/h1-4,7-8H,5-6,9H2,(H,26,27). The fraction of sp³-hybridized carbons (Fsp3) is 0.222. The first-order valence-electron chi connectivity index (χ1n) is 7.99. The van der Waals surface area contributed by atoms with E-state index in [1.165, 1.54) is 28.8 Å². The number of pyridine rings is 1. The molecule has 28 heavy (non-hydrogen) atoms. The zero-order valence-electron chi connectivity index (χ0n) is 14.1. The molecule has 1 aromatic carbocycles. The van der Waals surface area contributed by atoms with Gasteiger partial charge < -0.3 is 14.4 Å². The molecule has 0 aliphatic carbocycles. The number of nitrogens with zero attached hydrogens (tertiary/aromatic N) is 2. The average molecular weight is 417 g/mol. The predicted octanol–water partition coefficient (Wildman–Crippen LogP) is 4.77. The highest BCUT2D eigenvalue weighted by atomic mass is 35.5. The summed E-state index contributed by atoms with van der Waals surface area (Å²) in [4.78, 5) is 15.3. The average Bonchev–Trinajstić information content (AvgIpc) is 2.98. The van der Waals surface area contributed by atoms with Crippen molar-refractivity contribution in [3.8, 4) is 11.1 Å². The number of carbonyl (C=O) groups is 1. The second-order valence-electron chi connectivity index (χ2n) is 5.91. The molecule has 0 spiro atoms. The van der Waals surface area contributed by atoms with Crippen molar-refractivity contribution in [1.29, 1.82) is 0 Å². The minimum absolute atomic E-state index is 0.00127. The lowest BCUT2D eigenvalue weighted by molar-refractivity contribution is -0.174. The molecule has 0 atom stereocenters. The Morgan fingerprint density at radius 3 is 2.64 bits per heavy atom. The molecule has 0 bridgehead atoms. The van der Waals surface area contributed by atoms with Gasteiger partial charge in [0.25, 0.3) is 0 Å². The summed E-state index contributed by atoms with van der Waals surface area (Å²) in [6.45, 7) is -1.66. The van der Waals surface area contributed by atoms with E-state index < -0.39 is 24.6 Å². The molecule has 0 amide bonds. The van der Waals surface area contributed by atoms with Gasteiger partial charge in [0.2, 0.25) is 0 Å². The van der Waals surface area contributed by atoms with Crippen LogP contribution in [0.2, 0.25) is 5.02 Å². The topological polar surface area (TPSA) is 64.3 Å². The number of carboxylic acids is 1. The predicted molar refractivity (Wildman–Crippen MR) is 94.0 cm³/mol. The summed E-state index contributed by atoms with van der Waals surface area (Å²) in [5.41, 5.74) is 1.01. The summed E-state index contributed by atoms with van der Waals surface area (Å²) in [5, 5.41) is 9.60. The summed E-state index contributed by atoms with van der Waals surface area (Å²) >= 11 is 5.70. The fourth-order valence-corrected chi connectivity index (χ4v) is 2.82. The second-order valence-corrected chi connectivity index (χ2v) is 6.31. The van der Waals surface area contributed by atoms with Crippen molar-refractivity contribution in [2.45, 2.75) is 12.7 Å². The molecule has 0 unspecified atom stereocenters. The highest BCUT2D eigenvalue weighted by molar-refractivity contribution is 6.30. The van der Waals surface area contributed by atoms with Gasteiger partial charge in [0.1, 0.15) is 18.1 Å². The lowest BCUT2D eigenvalue weighted by atomic mass is 10.1. The molecule has 148 valence electrons. The third kappa shape index (κ3) is 4.42. The molecule has 3 rings (SSSR count). The summed E-state index contributed by atoms with van der Waals surface area (Å²) in [5.74, 6) is -1.88. The number of rotatable bonds is 6. The molecule has 0 radical (unpaired) electrons. The van der Waals surface area contributed by atoms with E-state index in [0.717, 1.165) is 0 Å². The number of aromatic carboxylic acids is 1. The van der Waals surface area contributed by atoms with Crippen LogP contribution >= 0.6 is 11.6 Å². The van der Waals surface area contributed by atoms with Crippen LogP contribution in [0.3, 0.4) is 0 Å². The molecule has 0 saturated carbocycles. The van der Waals surface area contributed by atoms with Crippen molar-refractivity contribution >= 4 is 28.6 Å². The zero-order valence-corrected chi connectivity index (χ0v) is 14.9. The van der Waals surface area contributed by atoms with Crippen LogP contribution in [0.4, 0.5) is 17.6 Å². The van der Waals surface area contributed by atoms with Gasteiger partial charge in [-0.2, -0.15) is 13.2 Å². The SMILES string of the molecule is O=C(O)c1ccc2c(-c3ccc(Cl)c(F)c3)cn(CCOCC(F)(F)F)c2n1.